The number of benzene rings is 2. The second-order valence-corrected chi connectivity index (χ2v) is 7.66. The molecule has 1 heterocycles. The van der Waals surface area contributed by atoms with Crippen molar-refractivity contribution in [3.05, 3.63) is 78.1 Å². The molecule has 4 rings (SSSR count). The molecular formula is C26H28IrNO2-. The molecule has 1 aliphatic rings. The first-order valence-corrected chi connectivity index (χ1v) is 10.3. The Hall–Kier alpha value is -2.29. The second kappa shape index (κ2) is 11.8. The molecule has 0 amide bonds. The fraction of sp³-hybridized carbons (Fsp3) is 0.308. The van der Waals surface area contributed by atoms with Crippen molar-refractivity contribution in [3.8, 4) is 11.3 Å². The van der Waals surface area contributed by atoms with Gasteiger partial charge in [0.1, 0.15) is 0 Å². The third-order valence-corrected chi connectivity index (χ3v) is 5.19. The molecule has 2 aromatic carbocycles. The van der Waals surface area contributed by atoms with Gasteiger partial charge in [-0.1, -0.05) is 37.5 Å². The summed E-state index contributed by atoms with van der Waals surface area (Å²) in [5, 5.41) is 9.62. The van der Waals surface area contributed by atoms with Gasteiger partial charge >= 0.3 is 0 Å². The average Bonchev–Trinajstić information content (AvgIpc) is 2.74. The van der Waals surface area contributed by atoms with E-state index in [0.717, 1.165) is 22.7 Å². The van der Waals surface area contributed by atoms with E-state index in [-0.39, 0.29) is 31.6 Å². The molecule has 159 valence electrons. The molecule has 3 aromatic rings. The number of hydrogen-bond donors (Lipinski definition) is 1. The van der Waals surface area contributed by atoms with E-state index in [1.165, 1.54) is 63.0 Å². The standard InChI is InChI=1S/C21H20N.C5H8O2.Ir/c1-3-7-16(8-4-1)18-11-13-21-19(15-18)12-14-20(22-21)17-9-5-2-6-10-17;1-4(6)3-5(2)7;/h2,5-6,9,11-16H,1,3-4,7-8H2;3,6H,1-2H3;/q-1;;/b;4-3-;. The van der Waals surface area contributed by atoms with Gasteiger partial charge in [-0.25, -0.2) is 0 Å². The maximum atomic E-state index is 10.0. The van der Waals surface area contributed by atoms with E-state index in [1.54, 1.807) is 0 Å². The van der Waals surface area contributed by atoms with Crippen molar-refractivity contribution < 1.29 is 30.0 Å². The number of carbonyl (C=O) groups excluding carboxylic acids is 1. The van der Waals surface area contributed by atoms with Crippen LogP contribution in [-0.2, 0) is 24.9 Å². The Morgan fingerprint density at radius 2 is 1.83 bits per heavy atom. The molecule has 1 aromatic heterocycles. The first-order valence-electron chi connectivity index (χ1n) is 10.3. The number of aliphatic hydroxyl groups is 1. The predicted octanol–water partition coefficient (Wildman–Crippen LogP) is 6.78. The minimum Gasteiger partial charge on any atom is -0.512 e. The topological polar surface area (TPSA) is 50.2 Å². The van der Waals surface area contributed by atoms with E-state index in [4.69, 9.17) is 10.1 Å². The zero-order chi connectivity index (χ0) is 20.6. The number of aromatic nitrogens is 1. The van der Waals surface area contributed by atoms with Crippen molar-refractivity contribution in [2.45, 2.75) is 51.9 Å². The number of rotatable bonds is 3. The van der Waals surface area contributed by atoms with Gasteiger partial charge in [-0.15, -0.1) is 35.9 Å². The Balaban J connectivity index is 0.000000350. The summed E-state index contributed by atoms with van der Waals surface area (Å²) in [7, 11) is 0. The van der Waals surface area contributed by atoms with Crippen LogP contribution in [0, 0.1) is 6.07 Å². The van der Waals surface area contributed by atoms with Gasteiger partial charge in [0.2, 0.25) is 0 Å². The average molecular weight is 579 g/mol. The monoisotopic (exact) mass is 579 g/mol. The van der Waals surface area contributed by atoms with Gasteiger partial charge in [-0.2, -0.15) is 0 Å². The molecule has 1 aliphatic carbocycles. The predicted molar refractivity (Wildman–Crippen MR) is 119 cm³/mol. The molecule has 30 heavy (non-hydrogen) atoms. The van der Waals surface area contributed by atoms with E-state index >= 15 is 0 Å². The summed E-state index contributed by atoms with van der Waals surface area (Å²) in [5.41, 5.74) is 4.63. The largest absolute Gasteiger partial charge is 0.512 e. The van der Waals surface area contributed by atoms with Gasteiger partial charge in [-0.05, 0) is 61.4 Å². The number of hydrogen-bond acceptors (Lipinski definition) is 3. The number of nitrogens with zero attached hydrogens (tertiary/aromatic N) is 1. The van der Waals surface area contributed by atoms with Crippen LogP contribution in [0.1, 0.15) is 57.4 Å². The Morgan fingerprint density at radius 3 is 2.43 bits per heavy atom. The summed E-state index contributed by atoms with van der Waals surface area (Å²) in [6.07, 6.45) is 8.02. The summed E-state index contributed by atoms with van der Waals surface area (Å²) in [4.78, 5) is 14.8. The van der Waals surface area contributed by atoms with E-state index in [2.05, 4.69) is 42.5 Å². The third kappa shape index (κ3) is 6.90. The van der Waals surface area contributed by atoms with Crippen molar-refractivity contribution in [2.24, 2.45) is 0 Å². The van der Waals surface area contributed by atoms with Crippen molar-refractivity contribution in [2.75, 3.05) is 0 Å². The van der Waals surface area contributed by atoms with Crippen molar-refractivity contribution >= 4 is 16.7 Å². The summed E-state index contributed by atoms with van der Waals surface area (Å²) in [6, 6.07) is 22.4. The zero-order valence-corrected chi connectivity index (χ0v) is 19.9. The Morgan fingerprint density at radius 1 is 1.07 bits per heavy atom. The number of carbonyl (C=O) groups is 1. The molecule has 0 bridgehead atoms. The number of fused-ring (bicyclic) bond motifs is 1. The Labute approximate surface area is 192 Å². The zero-order valence-electron chi connectivity index (χ0n) is 17.5. The third-order valence-electron chi connectivity index (χ3n) is 5.19. The van der Waals surface area contributed by atoms with Crippen LogP contribution in [0.5, 0.6) is 0 Å². The number of ketones is 1. The molecule has 0 aliphatic heterocycles. The molecule has 0 saturated heterocycles. The molecule has 0 spiro atoms. The number of allylic oxidation sites excluding steroid dienone is 2. The second-order valence-electron chi connectivity index (χ2n) is 7.66. The molecule has 3 nitrogen and oxygen atoms in total. The van der Waals surface area contributed by atoms with Crippen LogP contribution in [0.15, 0.2) is 66.4 Å². The molecule has 1 saturated carbocycles. The van der Waals surface area contributed by atoms with E-state index in [9.17, 15) is 4.79 Å². The minimum absolute atomic E-state index is 0. The van der Waals surface area contributed by atoms with Gasteiger partial charge in [0.15, 0.2) is 5.78 Å². The molecule has 4 heteroatoms. The van der Waals surface area contributed by atoms with Crippen LogP contribution in [0.3, 0.4) is 0 Å². The molecule has 1 fully saturated rings. The minimum atomic E-state index is -0.125. The van der Waals surface area contributed by atoms with Gasteiger partial charge < -0.3 is 5.11 Å². The fourth-order valence-electron chi connectivity index (χ4n) is 3.83. The van der Waals surface area contributed by atoms with Crippen LogP contribution < -0.4 is 0 Å². The molecule has 0 atom stereocenters. The normalized spacial score (nSPS) is 14.4. The van der Waals surface area contributed by atoms with Crippen LogP contribution >= 0.6 is 0 Å². The van der Waals surface area contributed by atoms with Crippen LogP contribution in [-0.4, -0.2) is 15.9 Å². The molecule has 0 unspecified atom stereocenters. The van der Waals surface area contributed by atoms with Crippen molar-refractivity contribution in [1.29, 1.82) is 0 Å². The van der Waals surface area contributed by atoms with Gasteiger partial charge in [0.05, 0.1) is 11.3 Å². The summed E-state index contributed by atoms with van der Waals surface area (Å²) < 4.78 is 0. The van der Waals surface area contributed by atoms with Crippen LogP contribution in [0.4, 0.5) is 0 Å². The smallest absolute Gasteiger partial charge is 0.155 e. The van der Waals surface area contributed by atoms with Gasteiger partial charge in [0.25, 0.3) is 0 Å². The van der Waals surface area contributed by atoms with Crippen molar-refractivity contribution in [3.63, 3.8) is 0 Å². The van der Waals surface area contributed by atoms with Crippen LogP contribution in [0.25, 0.3) is 22.2 Å². The first-order chi connectivity index (χ1) is 14.0. The summed E-state index contributed by atoms with van der Waals surface area (Å²) in [5.74, 6) is 0.688. The maximum Gasteiger partial charge on any atom is 0.155 e. The van der Waals surface area contributed by atoms with E-state index in [0.29, 0.717) is 0 Å². The van der Waals surface area contributed by atoms with E-state index < -0.39 is 0 Å². The fourth-order valence-corrected chi connectivity index (χ4v) is 3.83. The Kier molecular flexibility index (Phi) is 9.42. The molecule has 1 radical (unpaired) electrons. The van der Waals surface area contributed by atoms with Crippen LogP contribution in [0.2, 0.25) is 0 Å². The van der Waals surface area contributed by atoms with Crippen molar-refractivity contribution in [1.82, 2.24) is 4.98 Å². The van der Waals surface area contributed by atoms with Gasteiger partial charge in [-0.3, -0.25) is 9.78 Å². The number of pyridine rings is 1. The quantitative estimate of drug-likeness (QED) is 0.212. The summed E-state index contributed by atoms with van der Waals surface area (Å²) >= 11 is 0. The maximum absolute atomic E-state index is 10.0. The van der Waals surface area contributed by atoms with Gasteiger partial charge in [0, 0.05) is 26.2 Å². The number of aliphatic hydroxyl groups excluding tert-OH is 1. The molecule has 1 N–H and O–H groups in total. The molecular weight excluding hydrogens is 551 g/mol. The first kappa shape index (κ1) is 24.0. The van der Waals surface area contributed by atoms with E-state index in [1.807, 2.05) is 18.2 Å². The summed E-state index contributed by atoms with van der Waals surface area (Å²) in [6.45, 7) is 2.85. The Bertz CT molecular complexity index is 988. The SMILES string of the molecule is CC(=O)/C=C(/C)O.[Ir].[c-]1ccccc1-c1ccc2cc(C3CCCCC3)ccc2n1.